The Kier molecular flexibility index (Phi) is 4.33. The van der Waals surface area contributed by atoms with E-state index in [1.807, 2.05) is 0 Å². The average Bonchev–Trinajstić information content (AvgIpc) is 3.12. The van der Waals surface area contributed by atoms with Gasteiger partial charge in [-0.2, -0.15) is 0 Å². The lowest BCUT2D eigenvalue weighted by Crippen LogP contribution is -2.37. The molecule has 2 amide bonds. The molecule has 1 N–H and O–H groups in total. The molecule has 0 saturated carbocycles. The molecular formula is C17H19FN4O2. The summed E-state index contributed by atoms with van der Waals surface area (Å²) < 4.78 is 16.0. The number of carbonyl (C=O) groups is 2. The van der Waals surface area contributed by atoms with Crippen LogP contribution in [0.5, 0.6) is 0 Å². The van der Waals surface area contributed by atoms with Crippen molar-refractivity contribution in [3.05, 3.63) is 53.9 Å². The first kappa shape index (κ1) is 16.2. The zero-order chi connectivity index (χ0) is 17.3. The highest BCUT2D eigenvalue weighted by molar-refractivity contribution is 5.89. The van der Waals surface area contributed by atoms with Crippen LogP contribution in [0.1, 0.15) is 23.9 Å². The van der Waals surface area contributed by atoms with Crippen LogP contribution in [0.15, 0.2) is 36.7 Å². The van der Waals surface area contributed by atoms with Gasteiger partial charge in [-0.05, 0) is 6.07 Å². The maximum atomic E-state index is 14.3. The van der Waals surface area contributed by atoms with Crippen LogP contribution < -0.4 is 5.32 Å². The topological polar surface area (TPSA) is 67.2 Å². The van der Waals surface area contributed by atoms with Crippen LogP contribution in [0.25, 0.3) is 0 Å². The molecule has 2 unspecified atom stereocenters. The van der Waals surface area contributed by atoms with Crippen LogP contribution in [0.3, 0.4) is 0 Å². The summed E-state index contributed by atoms with van der Waals surface area (Å²) in [6.07, 6.45) is 3.51. The lowest BCUT2D eigenvalue weighted by atomic mass is 10.0. The number of nitrogens with zero attached hydrogens (tertiary/aromatic N) is 3. The lowest BCUT2D eigenvalue weighted by Gasteiger charge is -2.21. The highest BCUT2D eigenvalue weighted by Gasteiger charge is 2.34. The maximum Gasteiger partial charge on any atom is 0.226 e. The Morgan fingerprint density at radius 3 is 2.71 bits per heavy atom. The van der Waals surface area contributed by atoms with Crippen LogP contribution in [-0.4, -0.2) is 39.9 Å². The Hall–Kier alpha value is -2.70. The van der Waals surface area contributed by atoms with E-state index in [2.05, 4.69) is 10.3 Å². The molecule has 1 saturated heterocycles. The number of imidazole rings is 1. The second-order valence-electron chi connectivity index (χ2n) is 6.03. The van der Waals surface area contributed by atoms with Crippen molar-refractivity contribution in [2.24, 2.45) is 13.0 Å². The number of carbonyl (C=O) groups excluding carboxylic acids is 2. The molecule has 1 aromatic carbocycles. The molecule has 2 atom stereocenters. The third-order valence-corrected chi connectivity index (χ3v) is 4.33. The standard InChI is InChI=1S/C17H19FN4O2/c1-21-8-7-19-16(21)15(12-5-3-4-6-13(12)18)20-17(24)11-9-14(23)22(2)10-11/h3-8,11,15H,9-10H2,1-2H3,(H,20,24). The minimum Gasteiger partial charge on any atom is -0.345 e. The smallest absolute Gasteiger partial charge is 0.226 e. The van der Waals surface area contributed by atoms with E-state index < -0.39 is 17.8 Å². The second-order valence-corrected chi connectivity index (χ2v) is 6.03. The van der Waals surface area contributed by atoms with Gasteiger partial charge in [0.1, 0.15) is 17.7 Å². The van der Waals surface area contributed by atoms with Crippen LogP contribution in [-0.2, 0) is 16.6 Å². The third-order valence-electron chi connectivity index (χ3n) is 4.33. The molecule has 126 valence electrons. The number of rotatable bonds is 4. The third kappa shape index (κ3) is 3.02. The summed E-state index contributed by atoms with van der Waals surface area (Å²) in [7, 11) is 3.46. The number of halogens is 1. The van der Waals surface area contributed by atoms with Crippen molar-refractivity contribution in [1.29, 1.82) is 0 Å². The second kappa shape index (κ2) is 6.43. The summed E-state index contributed by atoms with van der Waals surface area (Å²) in [4.78, 5) is 30.0. The van der Waals surface area contributed by atoms with Gasteiger partial charge in [0, 0.05) is 45.0 Å². The number of aromatic nitrogens is 2. The Morgan fingerprint density at radius 2 is 2.12 bits per heavy atom. The molecule has 7 heteroatoms. The summed E-state index contributed by atoms with van der Waals surface area (Å²) in [6, 6.07) is 5.58. The fourth-order valence-electron chi connectivity index (χ4n) is 2.95. The largest absolute Gasteiger partial charge is 0.345 e. The summed E-state index contributed by atoms with van der Waals surface area (Å²) in [5, 5.41) is 2.86. The van der Waals surface area contributed by atoms with E-state index in [9.17, 15) is 14.0 Å². The van der Waals surface area contributed by atoms with Gasteiger partial charge in [0.15, 0.2) is 0 Å². The first-order valence-electron chi connectivity index (χ1n) is 7.73. The molecule has 0 bridgehead atoms. The zero-order valence-corrected chi connectivity index (χ0v) is 13.6. The number of hydrogen-bond acceptors (Lipinski definition) is 3. The van der Waals surface area contributed by atoms with Crippen LogP contribution in [0.4, 0.5) is 4.39 Å². The highest BCUT2D eigenvalue weighted by Crippen LogP contribution is 2.25. The quantitative estimate of drug-likeness (QED) is 0.917. The molecule has 3 rings (SSSR count). The Bertz CT molecular complexity index is 773. The highest BCUT2D eigenvalue weighted by atomic mass is 19.1. The predicted octanol–water partition coefficient (Wildman–Crippen LogP) is 1.24. The van der Waals surface area contributed by atoms with Gasteiger partial charge in [0.25, 0.3) is 0 Å². The van der Waals surface area contributed by atoms with Gasteiger partial charge in [-0.1, -0.05) is 18.2 Å². The summed E-state index contributed by atoms with van der Waals surface area (Å²) >= 11 is 0. The van der Waals surface area contributed by atoms with Crippen molar-refractivity contribution >= 4 is 11.8 Å². The van der Waals surface area contributed by atoms with Crippen molar-refractivity contribution in [2.75, 3.05) is 13.6 Å². The first-order chi connectivity index (χ1) is 11.5. The van der Waals surface area contributed by atoms with Gasteiger partial charge >= 0.3 is 0 Å². The van der Waals surface area contributed by atoms with E-state index >= 15 is 0 Å². The van der Waals surface area contributed by atoms with E-state index in [1.54, 1.807) is 49.3 Å². The number of nitrogens with one attached hydrogen (secondary N) is 1. The number of likely N-dealkylation sites (tertiary alicyclic amines) is 1. The summed E-state index contributed by atoms with van der Waals surface area (Å²) in [5.41, 5.74) is 0.345. The van der Waals surface area contributed by atoms with Gasteiger partial charge in [-0.15, -0.1) is 0 Å². The number of amides is 2. The molecule has 1 fully saturated rings. The number of hydrogen-bond donors (Lipinski definition) is 1. The fraction of sp³-hybridized carbons (Fsp3) is 0.353. The first-order valence-corrected chi connectivity index (χ1v) is 7.73. The Morgan fingerprint density at radius 1 is 1.38 bits per heavy atom. The summed E-state index contributed by atoms with van der Waals surface area (Å²) in [6.45, 7) is 0.370. The molecule has 6 nitrogen and oxygen atoms in total. The molecule has 2 aromatic rings. The Balaban J connectivity index is 1.89. The van der Waals surface area contributed by atoms with Crippen LogP contribution in [0.2, 0.25) is 0 Å². The monoisotopic (exact) mass is 330 g/mol. The molecule has 1 aliphatic rings. The van der Waals surface area contributed by atoms with Gasteiger partial charge in [0.05, 0.1) is 5.92 Å². The van der Waals surface area contributed by atoms with E-state index in [0.717, 1.165) is 0 Å². The van der Waals surface area contributed by atoms with Crippen molar-refractivity contribution in [1.82, 2.24) is 19.8 Å². The SMILES string of the molecule is CN1CC(C(=O)NC(c2ccccc2F)c2nccn2C)CC1=O. The molecule has 1 aromatic heterocycles. The molecule has 2 heterocycles. The minimum atomic E-state index is -0.709. The van der Waals surface area contributed by atoms with E-state index in [0.29, 0.717) is 17.9 Å². The summed E-state index contributed by atoms with van der Waals surface area (Å²) in [5.74, 6) is -0.646. The van der Waals surface area contributed by atoms with Crippen molar-refractivity contribution in [3.8, 4) is 0 Å². The normalized spacial score (nSPS) is 18.7. The maximum absolute atomic E-state index is 14.3. The fourth-order valence-corrected chi connectivity index (χ4v) is 2.95. The molecule has 24 heavy (non-hydrogen) atoms. The average molecular weight is 330 g/mol. The van der Waals surface area contributed by atoms with Gasteiger partial charge in [-0.25, -0.2) is 9.37 Å². The zero-order valence-electron chi connectivity index (χ0n) is 13.6. The van der Waals surface area contributed by atoms with Crippen LogP contribution in [0, 0.1) is 11.7 Å². The van der Waals surface area contributed by atoms with Crippen molar-refractivity contribution in [2.45, 2.75) is 12.5 Å². The van der Waals surface area contributed by atoms with Crippen molar-refractivity contribution in [3.63, 3.8) is 0 Å². The molecule has 0 aliphatic carbocycles. The minimum absolute atomic E-state index is 0.0606. The molecule has 0 spiro atoms. The number of aryl methyl sites for hydroxylation is 1. The van der Waals surface area contributed by atoms with Gasteiger partial charge in [0.2, 0.25) is 11.8 Å². The van der Waals surface area contributed by atoms with Gasteiger partial charge in [-0.3, -0.25) is 9.59 Å². The molecule has 1 aliphatic heterocycles. The van der Waals surface area contributed by atoms with Crippen LogP contribution >= 0.6 is 0 Å². The lowest BCUT2D eigenvalue weighted by molar-refractivity contribution is -0.128. The van der Waals surface area contributed by atoms with E-state index in [4.69, 9.17) is 0 Å². The molecule has 0 radical (unpaired) electrons. The van der Waals surface area contributed by atoms with Gasteiger partial charge < -0.3 is 14.8 Å². The van der Waals surface area contributed by atoms with E-state index in [-0.39, 0.29) is 18.2 Å². The Labute approximate surface area is 139 Å². The van der Waals surface area contributed by atoms with Crippen molar-refractivity contribution < 1.29 is 14.0 Å². The predicted molar refractivity (Wildman–Crippen MR) is 85.3 cm³/mol. The molecular weight excluding hydrogens is 311 g/mol. The van der Waals surface area contributed by atoms with E-state index in [1.165, 1.54) is 11.0 Å². The number of benzene rings is 1.